The van der Waals surface area contributed by atoms with Crippen LogP contribution in [0.3, 0.4) is 0 Å². The third kappa shape index (κ3) is 4.43. The highest BCUT2D eigenvalue weighted by Gasteiger charge is 2.38. The molecule has 1 fully saturated rings. The number of hydroxylamine groups is 2. The predicted octanol–water partition coefficient (Wildman–Crippen LogP) is 4.37. The molecule has 1 N–H and O–H groups in total. The fraction of sp³-hybridized carbons (Fsp3) is 0.348. The van der Waals surface area contributed by atoms with Crippen molar-refractivity contribution in [2.45, 2.75) is 38.8 Å². The van der Waals surface area contributed by atoms with Crippen LogP contribution < -0.4 is 5.32 Å². The zero-order valence-corrected chi connectivity index (χ0v) is 19.8. The third-order valence-corrected chi connectivity index (χ3v) is 6.34. The third-order valence-electron chi connectivity index (χ3n) is 5.79. The Morgan fingerprint density at radius 2 is 2.00 bits per heavy atom. The fourth-order valence-corrected chi connectivity index (χ4v) is 4.36. The van der Waals surface area contributed by atoms with Crippen LogP contribution in [0.1, 0.15) is 47.3 Å². The van der Waals surface area contributed by atoms with Gasteiger partial charge in [0.15, 0.2) is 11.4 Å². The molecule has 0 radical (unpaired) electrons. The highest BCUT2D eigenvalue weighted by Crippen LogP contribution is 2.39. The van der Waals surface area contributed by atoms with Gasteiger partial charge in [0.05, 0.1) is 15.8 Å². The van der Waals surface area contributed by atoms with Gasteiger partial charge in [-0.2, -0.15) is 0 Å². The van der Waals surface area contributed by atoms with E-state index in [2.05, 4.69) is 10.5 Å². The Bertz CT molecular complexity index is 1150. The molecule has 0 saturated carbocycles. The number of benzene rings is 2. The van der Waals surface area contributed by atoms with Crippen LogP contribution in [0, 0.1) is 12.7 Å². The summed E-state index contributed by atoms with van der Waals surface area (Å²) in [6.45, 7) is 5.94. The van der Waals surface area contributed by atoms with Gasteiger partial charge in [0.25, 0.3) is 11.8 Å². The first kappa shape index (κ1) is 23.5. The van der Waals surface area contributed by atoms with E-state index in [1.807, 2.05) is 13.0 Å². The molecule has 2 amide bonds. The van der Waals surface area contributed by atoms with Crippen LogP contribution in [0.4, 0.5) is 4.39 Å². The van der Waals surface area contributed by atoms with Crippen LogP contribution in [-0.4, -0.2) is 41.8 Å². The SMILES string of the molecule is CCN1OCC(NC(=O)c2ccc(C3=NOC(C)(c4cc(Cl)c(F)c(Cl)c4)C3)cc2C)C1=O. The summed E-state index contributed by atoms with van der Waals surface area (Å²) in [5, 5.41) is 7.99. The molecule has 2 aromatic carbocycles. The van der Waals surface area contributed by atoms with Crippen LogP contribution in [0.5, 0.6) is 0 Å². The summed E-state index contributed by atoms with van der Waals surface area (Å²) in [5.74, 6) is -1.30. The summed E-state index contributed by atoms with van der Waals surface area (Å²) < 4.78 is 13.8. The van der Waals surface area contributed by atoms with Gasteiger partial charge in [0.1, 0.15) is 12.6 Å². The summed E-state index contributed by atoms with van der Waals surface area (Å²) in [7, 11) is 0. The summed E-state index contributed by atoms with van der Waals surface area (Å²) in [6.07, 6.45) is 0.400. The van der Waals surface area contributed by atoms with Crippen LogP contribution in [0.2, 0.25) is 10.0 Å². The molecule has 0 aromatic heterocycles. The summed E-state index contributed by atoms with van der Waals surface area (Å²) in [4.78, 5) is 35.9. The molecule has 2 aliphatic rings. The van der Waals surface area contributed by atoms with E-state index in [1.54, 1.807) is 26.0 Å². The van der Waals surface area contributed by atoms with Gasteiger partial charge in [-0.1, -0.05) is 34.4 Å². The van der Waals surface area contributed by atoms with Crippen molar-refractivity contribution in [1.82, 2.24) is 10.4 Å². The predicted molar refractivity (Wildman–Crippen MR) is 122 cm³/mol. The normalized spacial score (nSPS) is 22.4. The maximum absolute atomic E-state index is 13.8. The first-order valence-corrected chi connectivity index (χ1v) is 11.1. The Hall–Kier alpha value is -2.68. The van der Waals surface area contributed by atoms with Gasteiger partial charge in [-0.25, -0.2) is 9.45 Å². The Labute approximate surface area is 200 Å². The number of nitrogens with zero attached hydrogens (tertiary/aromatic N) is 2. The molecule has 2 aromatic rings. The first-order chi connectivity index (χ1) is 15.6. The van der Waals surface area contributed by atoms with E-state index in [1.165, 1.54) is 17.2 Å². The molecule has 2 atom stereocenters. The lowest BCUT2D eigenvalue weighted by Gasteiger charge is -2.22. The number of carbonyl (C=O) groups excluding carboxylic acids is 2. The number of hydrogen-bond acceptors (Lipinski definition) is 5. The van der Waals surface area contributed by atoms with E-state index in [-0.39, 0.29) is 28.5 Å². The second kappa shape index (κ2) is 8.93. The quantitative estimate of drug-likeness (QED) is 0.627. The largest absolute Gasteiger partial charge is 0.384 e. The summed E-state index contributed by atoms with van der Waals surface area (Å²) >= 11 is 11.9. The lowest BCUT2D eigenvalue weighted by molar-refractivity contribution is -0.160. The first-order valence-electron chi connectivity index (χ1n) is 10.4. The Kier molecular flexibility index (Phi) is 6.35. The van der Waals surface area contributed by atoms with Gasteiger partial charge in [0.2, 0.25) is 0 Å². The molecule has 33 heavy (non-hydrogen) atoms. The molecular formula is C23H22Cl2FN3O4. The lowest BCUT2D eigenvalue weighted by atomic mass is 9.88. The molecule has 174 valence electrons. The Balaban J connectivity index is 1.48. The van der Waals surface area contributed by atoms with Crippen molar-refractivity contribution in [3.05, 3.63) is 68.4 Å². The maximum Gasteiger partial charge on any atom is 0.271 e. The number of likely N-dealkylation sites (N-methyl/N-ethyl adjacent to an activating group) is 1. The van der Waals surface area contributed by atoms with Crippen molar-refractivity contribution in [3.63, 3.8) is 0 Å². The van der Waals surface area contributed by atoms with Crippen molar-refractivity contribution in [1.29, 1.82) is 0 Å². The standard InChI is InChI=1S/C23H22Cl2FN3O4/c1-4-29-22(31)19(11-32-29)27-21(30)15-6-5-13(7-12(15)2)18-10-23(3,33-28-18)14-8-16(24)20(26)17(25)9-14/h5-9,19H,4,10-11H2,1-3H3,(H,27,30). The zero-order chi connectivity index (χ0) is 23.9. The van der Waals surface area contributed by atoms with Gasteiger partial charge >= 0.3 is 0 Å². The van der Waals surface area contributed by atoms with Gasteiger partial charge in [-0.3, -0.25) is 14.4 Å². The lowest BCUT2D eigenvalue weighted by Crippen LogP contribution is -2.42. The number of aryl methyl sites for hydroxylation is 1. The molecule has 0 spiro atoms. The monoisotopic (exact) mass is 493 g/mol. The Morgan fingerprint density at radius 1 is 1.30 bits per heavy atom. The average molecular weight is 494 g/mol. The molecule has 0 aliphatic carbocycles. The van der Waals surface area contributed by atoms with E-state index in [0.29, 0.717) is 35.4 Å². The van der Waals surface area contributed by atoms with E-state index >= 15 is 0 Å². The van der Waals surface area contributed by atoms with Crippen LogP contribution in [0.25, 0.3) is 0 Å². The molecule has 4 rings (SSSR count). The van der Waals surface area contributed by atoms with E-state index in [4.69, 9.17) is 32.9 Å². The Morgan fingerprint density at radius 3 is 2.61 bits per heavy atom. The van der Waals surface area contributed by atoms with Gasteiger partial charge < -0.3 is 10.2 Å². The van der Waals surface area contributed by atoms with Gasteiger partial charge in [-0.15, -0.1) is 0 Å². The van der Waals surface area contributed by atoms with Crippen molar-refractivity contribution in [2.75, 3.05) is 13.2 Å². The number of halogens is 3. The summed E-state index contributed by atoms with van der Waals surface area (Å²) in [6, 6.07) is 7.53. The molecule has 1 saturated heterocycles. The fourth-order valence-electron chi connectivity index (χ4n) is 3.87. The van der Waals surface area contributed by atoms with Crippen LogP contribution in [-0.2, 0) is 20.1 Å². The highest BCUT2D eigenvalue weighted by molar-refractivity contribution is 6.35. The van der Waals surface area contributed by atoms with Crippen molar-refractivity contribution >= 4 is 40.7 Å². The second-order valence-electron chi connectivity index (χ2n) is 8.18. The van der Waals surface area contributed by atoms with Crippen LogP contribution in [0.15, 0.2) is 35.5 Å². The minimum absolute atomic E-state index is 0.0878. The topological polar surface area (TPSA) is 80.2 Å². The van der Waals surface area contributed by atoms with Crippen molar-refractivity contribution < 1.29 is 23.7 Å². The maximum atomic E-state index is 13.8. The van der Waals surface area contributed by atoms with Crippen molar-refractivity contribution in [2.24, 2.45) is 5.16 Å². The molecule has 7 nitrogen and oxygen atoms in total. The molecule has 2 heterocycles. The summed E-state index contributed by atoms with van der Waals surface area (Å²) in [5.41, 5.74) is 2.35. The highest BCUT2D eigenvalue weighted by atomic mass is 35.5. The molecule has 0 bridgehead atoms. The van der Waals surface area contributed by atoms with Gasteiger partial charge in [-0.05, 0) is 56.2 Å². The average Bonchev–Trinajstić information content (AvgIpc) is 3.35. The number of carbonyl (C=O) groups is 2. The van der Waals surface area contributed by atoms with Crippen LogP contribution >= 0.6 is 23.2 Å². The molecule has 10 heteroatoms. The minimum atomic E-state index is -0.867. The zero-order valence-electron chi connectivity index (χ0n) is 18.2. The smallest absolute Gasteiger partial charge is 0.271 e. The number of nitrogens with one attached hydrogen (secondary N) is 1. The number of amides is 2. The minimum Gasteiger partial charge on any atom is -0.384 e. The van der Waals surface area contributed by atoms with Crippen molar-refractivity contribution in [3.8, 4) is 0 Å². The van der Waals surface area contributed by atoms with E-state index in [0.717, 1.165) is 5.56 Å². The molecular weight excluding hydrogens is 472 g/mol. The number of rotatable bonds is 5. The van der Waals surface area contributed by atoms with E-state index in [9.17, 15) is 14.0 Å². The molecule has 2 aliphatic heterocycles. The molecule has 2 unspecified atom stereocenters. The van der Waals surface area contributed by atoms with E-state index < -0.39 is 17.5 Å². The number of oxime groups is 1. The number of hydrogen-bond donors (Lipinski definition) is 1. The second-order valence-corrected chi connectivity index (χ2v) is 8.99. The van der Waals surface area contributed by atoms with Gasteiger partial charge in [0, 0.05) is 24.1 Å².